The van der Waals surface area contributed by atoms with Gasteiger partial charge in [0.15, 0.2) is 9.84 Å². The van der Waals surface area contributed by atoms with Gasteiger partial charge in [0.25, 0.3) is 5.17 Å². The van der Waals surface area contributed by atoms with E-state index in [0.29, 0.717) is 6.61 Å². The van der Waals surface area contributed by atoms with E-state index in [4.69, 9.17) is 28.6 Å². The predicted octanol–water partition coefficient (Wildman–Crippen LogP) is 2.25. The van der Waals surface area contributed by atoms with Crippen molar-refractivity contribution in [2.75, 3.05) is 18.1 Å². The molecule has 1 aliphatic heterocycles. The van der Waals surface area contributed by atoms with E-state index in [1.807, 2.05) is 0 Å². The largest absolute Gasteiger partial charge is 0.471 e. The summed E-state index contributed by atoms with van der Waals surface area (Å²) in [5, 5.41) is 2.70. The number of sulfone groups is 1. The Morgan fingerprint density at radius 1 is 1.32 bits per heavy atom. The monoisotopic (exact) mass is 327 g/mol. The molecule has 7 heteroatoms. The fraction of sp³-hybridized carbons (Fsp3) is 0.917. The minimum Gasteiger partial charge on any atom is -0.471 e. The summed E-state index contributed by atoms with van der Waals surface area (Å²) in [6.07, 6.45) is 5.77. The molecule has 0 amide bonds. The van der Waals surface area contributed by atoms with E-state index in [1.165, 1.54) is 19.3 Å². The van der Waals surface area contributed by atoms with Crippen LogP contribution in [0.5, 0.6) is 0 Å². The predicted molar refractivity (Wildman–Crippen MR) is 82.5 cm³/mol. The van der Waals surface area contributed by atoms with E-state index in [1.54, 1.807) is 0 Å². The molecule has 1 heterocycles. The van der Waals surface area contributed by atoms with Crippen molar-refractivity contribution in [3.8, 4) is 0 Å². The molecule has 0 radical (unpaired) electrons. The lowest BCUT2D eigenvalue weighted by Crippen LogP contribution is -2.40. The second-order valence-corrected chi connectivity index (χ2v) is 7.98. The number of unbranched alkanes of at least 4 members (excludes halogenated alkanes) is 4. The Bertz CT molecular complexity index is 386. The lowest BCUT2D eigenvalue weighted by Gasteiger charge is -2.16. The van der Waals surface area contributed by atoms with Crippen molar-refractivity contribution in [3.63, 3.8) is 0 Å². The highest BCUT2D eigenvalue weighted by molar-refractivity contribution is 7.91. The maximum atomic E-state index is 11.4. The molecule has 1 rings (SSSR count). The molecule has 0 bridgehead atoms. The van der Waals surface area contributed by atoms with Gasteiger partial charge in [-0.3, -0.25) is 0 Å². The number of halogens is 1. The van der Waals surface area contributed by atoms with Crippen LogP contribution in [0.3, 0.4) is 0 Å². The van der Waals surface area contributed by atoms with Crippen LogP contribution in [0.15, 0.2) is 0 Å². The molecule has 1 N–H and O–H groups in total. The number of alkyl halides is 1. The van der Waals surface area contributed by atoms with E-state index < -0.39 is 15.2 Å². The van der Waals surface area contributed by atoms with E-state index in [9.17, 15) is 8.42 Å². The maximum Gasteiger partial charge on any atom is 0.256 e. The van der Waals surface area contributed by atoms with Crippen LogP contribution in [0.4, 0.5) is 0 Å². The summed E-state index contributed by atoms with van der Waals surface area (Å²) in [7, 11) is -3.04. The first kappa shape index (κ1) is 17.0. The Kier molecular flexibility index (Phi) is 7.39. The highest BCUT2D eigenvalue weighted by Gasteiger charge is 2.36. The number of nitrogens with one attached hydrogen (secondary N) is 1. The number of thiocarbonyl (C=S) groups is 1. The number of hydrogen-bond acceptors (Lipinski definition) is 4. The highest BCUT2D eigenvalue weighted by Crippen LogP contribution is 2.18. The second kappa shape index (κ2) is 8.27. The average molecular weight is 328 g/mol. The fourth-order valence-electron chi connectivity index (χ4n) is 2.00. The van der Waals surface area contributed by atoms with Crippen LogP contribution in [0.1, 0.15) is 39.0 Å². The Hall–Kier alpha value is -0.0700. The van der Waals surface area contributed by atoms with Crippen LogP contribution >= 0.6 is 23.8 Å². The number of ether oxygens (including phenoxy) is 1. The maximum absolute atomic E-state index is 11.4. The van der Waals surface area contributed by atoms with Gasteiger partial charge in [0.2, 0.25) is 0 Å². The number of hydrogen-bond donors (Lipinski definition) is 1. The molecule has 2 unspecified atom stereocenters. The van der Waals surface area contributed by atoms with Gasteiger partial charge in [-0.2, -0.15) is 0 Å². The van der Waals surface area contributed by atoms with Gasteiger partial charge in [-0.15, -0.1) is 11.6 Å². The van der Waals surface area contributed by atoms with Gasteiger partial charge in [0.05, 0.1) is 29.5 Å². The summed E-state index contributed by atoms with van der Waals surface area (Å²) >= 11 is 11.0. The normalized spacial score (nSPS) is 25.2. The van der Waals surface area contributed by atoms with Crippen LogP contribution in [-0.2, 0) is 14.6 Å². The molecule has 1 fully saturated rings. The van der Waals surface area contributed by atoms with E-state index in [-0.39, 0.29) is 22.7 Å². The molecule has 1 saturated heterocycles. The molecule has 0 aromatic heterocycles. The van der Waals surface area contributed by atoms with Crippen molar-refractivity contribution >= 4 is 38.8 Å². The molecule has 0 spiro atoms. The quantitative estimate of drug-likeness (QED) is 0.441. The Labute approximate surface area is 126 Å². The Morgan fingerprint density at radius 2 is 2.00 bits per heavy atom. The molecule has 0 aliphatic carbocycles. The van der Waals surface area contributed by atoms with E-state index >= 15 is 0 Å². The standard InChI is InChI=1S/C12H22ClNO3S2/c1-2-3-4-5-6-7-17-12(18)14-11-9-19(15,16)8-10(11)13/h10-11H,2-9H2,1H3,(H,14,18). The van der Waals surface area contributed by atoms with Crippen LogP contribution in [0, 0.1) is 0 Å². The summed E-state index contributed by atoms with van der Waals surface area (Å²) in [4.78, 5) is 0. The lowest BCUT2D eigenvalue weighted by molar-refractivity contribution is 0.283. The molecule has 1 aliphatic rings. The van der Waals surface area contributed by atoms with Gasteiger partial charge in [0.1, 0.15) is 0 Å². The second-order valence-electron chi connectivity index (χ2n) is 4.89. The molecule has 4 nitrogen and oxygen atoms in total. The van der Waals surface area contributed by atoms with Crippen LogP contribution in [-0.4, -0.2) is 43.1 Å². The van der Waals surface area contributed by atoms with Crippen LogP contribution in [0.25, 0.3) is 0 Å². The number of rotatable bonds is 7. The highest BCUT2D eigenvalue weighted by atomic mass is 35.5. The third-order valence-electron chi connectivity index (χ3n) is 3.07. The molecular formula is C12H22ClNO3S2. The van der Waals surface area contributed by atoms with Gasteiger partial charge in [-0.25, -0.2) is 8.42 Å². The smallest absolute Gasteiger partial charge is 0.256 e. The van der Waals surface area contributed by atoms with Crippen molar-refractivity contribution in [2.24, 2.45) is 0 Å². The first-order valence-electron chi connectivity index (χ1n) is 6.72. The third kappa shape index (κ3) is 6.77. The Balaban J connectivity index is 2.14. The van der Waals surface area contributed by atoms with Gasteiger partial charge >= 0.3 is 0 Å². The zero-order valence-corrected chi connectivity index (χ0v) is 13.6. The van der Waals surface area contributed by atoms with Gasteiger partial charge in [-0.1, -0.05) is 32.6 Å². The summed E-state index contributed by atoms with van der Waals surface area (Å²) in [5.41, 5.74) is 0. The Morgan fingerprint density at radius 3 is 2.58 bits per heavy atom. The van der Waals surface area contributed by atoms with Crippen LogP contribution < -0.4 is 5.32 Å². The van der Waals surface area contributed by atoms with Crippen molar-refractivity contribution in [2.45, 2.75) is 50.4 Å². The molecule has 19 heavy (non-hydrogen) atoms. The fourth-order valence-corrected chi connectivity index (χ4v) is 4.79. The first-order chi connectivity index (χ1) is 8.94. The van der Waals surface area contributed by atoms with Crippen LogP contribution in [0.2, 0.25) is 0 Å². The van der Waals surface area contributed by atoms with Gasteiger partial charge in [-0.05, 0) is 18.6 Å². The van der Waals surface area contributed by atoms with Gasteiger partial charge < -0.3 is 10.1 Å². The lowest BCUT2D eigenvalue weighted by atomic mass is 10.2. The summed E-state index contributed by atoms with van der Waals surface area (Å²) in [5.74, 6) is 0.0347. The van der Waals surface area contributed by atoms with Crippen molar-refractivity contribution in [1.29, 1.82) is 0 Å². The molecule has 0 saturated carbocycles. The average Bonchev–Trinajstić information content (AvgIpc) is 2.56. The minimum absolute atomic E-state index is 0.00581. The summed E-state index contributed by atoms with van der Waals surface area (Å²) < 4.78 is 28.1. The van der Waals surface area contributed by atoms with E-state index in [2.05, 4.69) is 12.2 Å². The third-order valence-corrected chi connectivity index (χ3v) is 5.68. The minimum atomic E-state index is -3.04. The summed E-state index contributed by atoms with van der Waals surface area (Å²) in [6, 6.07) is -0.334. The molecular weight excluding hydrogens is 306 g/mol. The van der Waals surface area contributed by atoms with Crippen molar-refractivity contribution in [3.05, 3.63) is 0 Å². The molecule has 2 atom stereocenters. The zero-order chi connectivity index (χ0) is 14.3. The molecule has 112 valence electrons. The van der Waals surface area contributed by atoms with Crippen molar-refractivity contribution < 1.29 is 13.2 Å². The molecule has 0 aromatic rings. The zero-order valence-electron chi connectivity index (χ0n) is 11.2. The van der Waals surface area contributed by atoms with Gasteiger partial charge in [0, 0.05) is 0 Å². The van der Waals surface area contributed by atoms with E-state index in [0.717, 1.165) is 12.8 Å². The SMILES string of the molecule is CCCCCCCOC(=S)NC1CS(=O)(=O)CC1Cl. The molecule has 0 aromatic carbocycles. The van der Waals surface area contributed by atoms with Crippen molar-refractivity contribution in [1.82, 2.24) is 5.32 Å². The topological polar surface area (TPSA) is 55.4 Å². The summed E-state index contributed by atoms with van der Waals surface area (Å²) in [6.45, 7) is 2.75. The first-order valence-corrected chi connectivity index (χ1v) is 9.39.